The number of carbonyl (C=O) groups is 2. The molecule has 1 N–H and O–H groups in total. The van der Waals surface area contributed by atoms with E-state index in [1.165, 1.54) is 62.2 Å². The molecule has 10 rings (SSSR count). The number of fused-ring (bicyclic) bond motifs is 6. The van der Waals surface area contributed by atoms with Crippen LogP contribution in [0.3, 0.4) is 0 Å². The fraction of sp³-hybridized carbons (Fsp3) is 0.326. The molecule has 1 aliphatic carbocycles. The second kappa shape index (κ2) is 15.1. The number of anilines is 1. The topological polar surface area (TPSA) is 187 Å². The lowest BCUT2D eigenvalue weighted by Gasteiger charge is -2.47. The Bertz CT molecular complexity index is 3430. The third-order valence-corrected chi connectivity index (χ3v) is 15.1. The van der Waals surface area contributed by atoms with Gasteiger partial charge in [-0.05, 0) is 61.1 Å². The van der Waals surface area contributed by atoms with Crippen LogP contribution in [-0.2, 0) is 43.2 Å². The third-order valence-electron chi connectivity index (χ3n) is 13.6. The van der Waals surface area contributed by atoms with Gasteiger partial charge in [0.05, 0.1) is 61.2 Å². The summed E-state index contributed by atoms with van der Waals surface area (Å²) in [4.78, 5) is 79.3. The molecule has 4 atom stereocenters. The van der Waals surface area contributed by atoms with Crippen molar-refractivity contribution in [2.75, 3.05) is 26.2 Å². The van der Waals surface area contributed by atoms with E-state index in [1.54, 1.807) is 51.4 Å². The van der Waals surface area contributed by atoms with Gasteiger partial charge in [-0.15, -0.1) is 11.3 Å². The zero-order valence-corrected chi connectivity index (χ0v) is 38.0. The Labute approximate surface area is 378 Å². The second-order valence-electron chi connectivity index (χ2n) is 16.8. The fourth-order valence-corrected chi connectivity index (χ4v) is 11.6. The molecule has 4 aromatic heterocycles. The minimum absolute atomic E-state index is 0.000851. The monoisotopic (exact) mass is 918 g/mol. The third kappa shape index (κ3) is 6.06. The van der Waals surface area contributed by atoms with E-state index in [4.69, 9.17) is 30.9 Å². The Kier molecular flexibility index (Phi) is 9.76. The van der Waals surface area contributed by atoms with Crippen LogP contribution in [0.5, 0.6) is 23.0 Å². The van der Waals surface area contributed by atoms with Crippen molar-refractivity contribution in [3.05, 3.63) is 119 Å². The van der Waals surface area contributed by atoms with Gasteiger partial charge in [0.15, 0.2) is 11.5 Å². The lowest BCUT2D eigenvalue weighted by molar-refractivity contribution is -0.129. The van der Waals surface area contributed by atoms with Gasteiger partial charge in [-0.3, -0.25) is 19.1 Å². The molecule has 0 spiro atoms. The lowest BCUT2D eigenvalue weighted by Crippen LogP contribution is -2.49. The van der Waals surface area contributed by atoms with Crippen LogP contribution in [0.1, 0.15) is 42.1 Å². The van der Waals surface area contributed by atoms with E-state index in [2.05, 4.69) is 4.98 Å². The largest absolute Gasteiger partial charge is 0.508 e. The number of phenols is 1. The summed E-state index contributed by atoms with van der Waals surface area (Å²) < 4.78 is 24.0. The number of methoxy groups -OCH3 is 3. The summed E-state index contributed by atoms with van der Waals surface area (Å²) >= 11 is 7.87. The maximum Gasteiger partial charge on any atom is 0.347 e. The summed E-state index contributed by atoms with van der Waals surface area (Å²) in [6.07, 6.45) is 1.76. The molecule has 3 aliphatic rings. The number of aromatic hydroxyl groups is 1. The van der Waals surface area contributed by atoms with Crippen LogP contribution >= 0.6 is 22.9 Å². The molecule has 17 nitrogen and oxygen atoms in total. The SMILES string of the molecule is COc1ccc([C@H]2C3=CCn4c(=O)n(CCc5nc6cc(OC)c(OC)cc6n(C)c5=O)c(=O)n4[C@@H]3C[C@H]3C(=O)N(c4cc(-c5sc6ccc(Cl)cc6c5C)nn4C)C(=O)[C@@]23C)c(O)c1. The number of benzene rings is 3. The van der Waals surface area contributed by atoms with Crippen molar-refractivity contribution in [1.82, 2.24) is 33.3 Å². The van der Waals surface area contributed by atoms with E-state index in [-0.39, 0.29) is 43.2 Å². The van der Waals surface area contributed by atoms with Crippen LogP contribution in [0.25, 0.3) is 31.7 Å². The molecule has 0 bridgehead atoms. The predicted molar refractivity (Wildman–Crippen MR) is 244 cm³/mol. The highest BCUT2D eigenvalue weighted by Crippen LogP contribution is 2.62. The molecule has 2 amide bonds. The van der Waals surface area contributed by atoms with Crippen LogP contribution in [0.4, 0.5) is 5.82 Å². The van der Waals surface area contributed by atoms with E-state index >= 15 is 9.59 Å². The molecular weight excluding hydrogens is 876 g/mol. The maximum absolute atomic E-state index is 15.2. The Morgan fingerprint density at radius 3 is 2.42 bits per heavy atom. The van der Waals surface area contributed by atoms with Gasteiger partial charge in [-0.2, -0.15) is 5.10 Å². The van der Waals surface area contributed by atoms with Gasteiger partial charge in [0.25, 0.3) is 5.56 Å². The van der Waals surface area contributed by atoms with Crippen molar-refractivity contribution in [1.29, 1.82) is 0 Å². The van der Waals surface area contributed by atoms with Gasteiger partial charge in [0, 0.05) is 72.5 Å². The zero-order chi connectivity index (χ0) is 46.0. The zero-order valence-electron chi connectivity index (χ0n) is 36.4. The number of aromatic nitrogens is 7. The van der Waals surface area contributed by atoms with Crippen LogP contribution in [0.2, 0.25) is 5.02 Å². The highest BCUT2D eigenvalue weighted by molar-refractivity contribution is 7.22. The molecule has 0 radical (unpaired) electrons. The van der Waals surface area contributed by atoms with Gasteiger partial charge in [0.2, 0.25) is 11.8 Å². The molecule has 2 aliphatic heterocycles. The van der Waals surface area contributed by atoms with Crippen molar-refractivity contribution in [3.8, 4) is 33.6 Å². The van der Waals surface area contributed by atoms with E-state index in [0.29, 0.717) is 50.1 Å². The molecule has 2 fully saturated rings. The molecular formula is C46H43ClN8O9S. The van der Waals surface area contributed by atoms with Crippen molar-refractivity contribution < 1.29 is 28.9 Å². The molecule has 65 heavy (non-hydrogen) atoms. The highest BCUT2D eigenvalue weighted by Gasteiger charge is 2.66. The number of aryl methyl sites for hydroxylation is 4. The van der Waals surface area contributed by atoms with Crippen LogP contribution in [-0.4, -0.2) is 71.5 Å². The average molecular weight is 919 g/mol. The molecule has 6 heterocycles. The van der Waals surface area contributed by atoms with Crippen LogP contribution in [0.15, 0.2) is 80.6 Å². The van der Waals surface area contributed by atoms with E-state index < -0.39 is 52.0 Å². The molecule has 334 valence electrons. The number of ether oxygens (including phenoxy) is 3. The summed E-state index contributed by atoms with van der Waals surface area (Å²) in [6, 6.07) is 14.6. The predicted octanol–water partition coefficient (Wildman–Crippen LogP) is 5.47. The molecule has 1 saturated heterocycles. The number of allylic oxidation sites excluding steroid dienone is 2. The Morgan fingerprint density at radius 1 is 0.938 bits per heavy atom. The van der Waals surface area contributed by atoms with Crippen molar-refractivity contribution >= 4 is 61.7 Å². The van der Waals surface area contributed by atoms with Gasteiger partial charge in [-0.1, -0.05) is 23.7 Å². The first kappa shape index (κ1) is 42.1. The van der Waals surface area contributed by atoms with Crippen LogP contribution < -0.4 is 36.0 Å². The average Bonchev–Trinajstić information content (AvgIpc) is 3.96. The summed E-state index contributed by atoms with van der Waals surface area (Å²) in [5.41, 5.74) is 0.480. The Morgan fingerprint density at radius 2 is 1.69 bits per heavy atom. The quantitative estimate of drug-likeness (QED) is 0.143. The lowest BCUT2D eigenvalue weighted by atomic mass is 9.56. The molecule has 19 heteroatoms. The summed E-state index contributed by atoms with van der Waals surface area (Å²) in [7, 11) is 7.74. The number of nitrogens with zero attached hydrogens (tertiary/aromatic N) is 8. The van der Waals surface area contributed by atoms with E-state index in [9.17, 15) is 19.5 Å². The Balaban J connectivity index is 1.05. The highest BCUT2D eigenvalue weighted by atomic mass is 35.5. The maximum atomic E-state index is 15.2. The standard InChI is InChI=1S/C46H43ClN8O9S/c1-22-27-16-23(47)8-11-37(27)65-40(22)31-20-38(51(4)49-31)54-41(57)28-18-32-25(39(46(28,2)43(54)59)26-10-9-24(62-5)17-34(26)56)12-15-53-44(60)52(45(61)55(32)53)14-13-29-42(58)50(3)33-21-36(64-7)35(63-6)19-30(33)48-29/h8-12,16-17,19-21,28,32,39,56H,13-15,18H2,1-7H3/t28-,32+,39+,46+/m0/s1. The number of amides is 2. The number of halogens is 1. The number of rotatable bonds is 9. The van der Waals surface area contributed by atoms with Crippen molar-refractivity contribution in [2.45, 2.75) is 51.7 Å². The normalized spacial score (nSPS) is 20.3. The minimum Gasteiger partial charge on any atom is -0.508 e. The number of phenolic OH excluding ortho intramolecular Hbond substituents is 1. The first-order valence-electron chi connectivity index (χ1n) is 20.8. The molecule has 3 aromatic carbocycles. The van der Waals surface area contributed by atoms with Gasteiger partial charge in [-0.25, -0.2) is 33.4 Å². The number of hydrogen-bond donors (Lipinski definition) is 1. The van der Waals surface area contributed by atoms with E-state index in [1.807, 2.05) is 31.2 Å². The minimum atomic E-state index is -1.46. The number of thiophene rings is 1. The number of carbonyl (C=O) groups excluding carboxylic acids is 2. The van der Waals surface area contributed by atoms with Crippen molar-refractivity contribution in [2.24, 2.45) is 25.4 Å². The van der Waals surface area contributed by atoms with Gasteiger partial charge < -0.3 is 23.9 Å². The second-order valence-corrected chi connectivity index (χ2v) is 18.3. The smallest absolute Gasteiger partial charge is 0.347 e. The van der Waals surface area contributed by atoms with Gasteiger partial charge in [0.1, 0.15) is 28.7 Å². The van der Waals surface area contributed by atoms with E-state index in [0.717, 1.165) is 25.1 Å². The number of hydrogen-bond acceptors (Lipinski definition) is 12. The van der Waals surface area contributed by atoms with Gasteiger partial charge >= 0.3 is 11.4 Å². The summed E-state index contributed by atoms with van der Waals surface area (Å²) in [5, 5.41) is 18.0. The van der Waals surface area contributed by atoms with Crippen molar-refractivity contribution in [3.63, 3.8) is 0 Å². The number of imide groups is 1. The van der Waals surface area contributed by atoms with Crippen LogP contribution in [0, 0.1) is 18.3 Å². The summed E-state index contributed by atoms with van der Waals surface area (Å²) in [5.74, 6) is -1.58. The first-order valence-corrected chi connectivity index (χ1v) is 22.0. The molecule has 1 saturated carbocycles. The summed E-state index contributed by atoms with van der Waals surface area (Å²) in [6.45, 7) is 3.51. The fourth-order valence-electron chi connectivity index (χ4n) is 10.3. The molecule has 0 unspecified atom stereocenters. The first-order chi connectivity index (χ1) is 31.1. The molecule has 7 aromatic rings. The Hall–Kier alpha value is -6.92.